The molecule has 0 aliphatic rings. The molecule has 5 aromatic rings. The monoisotopic (exact) mass is 599 g/mol. The second-order valence-electron chi connectivity index (χ2n) is 8.05. The van der Waals surface area contributed by atoms with Gasteiger partial charge in [-0.3, -0.25) is 4.55 Å². The number of hydrogen-bond acceptors (Lipinski definition) is 10. The first-order valence-corrected chi connectivity index (χ1v) is 14.2. The Morgan fingerprint density at radius 1 is 0.897 bits per heavy atom. The van der Waals surface area contributed by atoms with Crippen molar-refractivity contribution in [3.05, 3.63) is 72.3 Å². The van der Waals surface area contributed by atoms with Crippen LogP contribution in [-0.2, 0) is 20.2 Å². The third-order valence-corrected chi connectivity index (χ3v) is 8.70. The molecule has 4 aromatic carbocycles. The van der Waals surface area contributed by atoms with Gasteiger partial charge in [0.15, 0.2) is 0 Å². The van der Waals surface area contributed by atoms with Gasteiger partial charge in [0, 0.05) is 10.9 Å². The van der Waals surface area contributed by atoms with Crippen LogP contribution in [0.25, 0.3) is 31.6 Å². The van der Waals surface area contributed by atoms with Gasteiger partial charge in [-0.1, -0.05) is 30.0 Å². The van der Waals surface area contributed by atoms with Crippen molar-refractivity contribution in [3.8, 4) is 16.3 Å². The molecule has 1 N–H and O–H groups in total. The molecule has 0 aliphatic carbocycles. The number of azo groups is 1. The van der Waals surface area contributed by atoms with Crippen molar-refractivity contribution in [2.24, 2.45) is 10.2 Å². The summed E-state index contributed by atoms with van der Waals surface area (Å²) in [4.78, 5) is 3.90. The zero-order chi connectivity index (χ0) is 26.5. The van der Waals surface area contributed by atoms with E-state index in [0.717, 1.165) is 17.4 Å². The Morgan fingerprint density at radius 2 is 1.59 bits per heavy atom. The Labute approximate surface area is 271 Å². The predicted octanol–water partition coefficient (Wildman–Crippen LogP) is -0.927. The van der Waals surface area contributed by atoms with Gasteiger partial charge in [0.2, 0.25) is 0 Å². The number of aryl methyl sites for hydroxylation is 1. The standard InChI is InChI=1S/C24H17N3O7S3.2Na/c1-13-2-10-19-22(23(13)37(32,33)34)35-24(25-19)14-3-6-16(7-4-14)26-27-21-18-9-8-17(36(29,30)31)12-15(18)5-11-20(21)28;;/h2-12,28H,1H3,(H,29,30,31)(H,32,33,34);;/q;2*+1/p-2. The minimum absolute atomic E-state index is 0. The van der Waals surface area contributed by atoms with Crippen molar-refractivity contribution in [1.82, 2.24) is 4.98 Å². The van der Waals surface area contributed by atoms with Crippen LogP contribution in [0.5, 0.6) is 5.75 Å². The fourth-order valence-corrected chi connectivity index (χ4v) is 6.64. The summed E-state index contributed by atoms with van der Waals surface area (Å²) in [5.74, 6) is -0.426. The van der Waals surface area contributed by atoms with E-state index in [-0.39, 0.29) is 69.7 Å². The third-order valence-electron chi connectivity index (χ3n) is 5.56. The summed E-state index contributed by atoms with van der Waals surface area (Å²) in [6.45, 7) is 1.59. The average molecular weight is 600 g/mol. The Bertz CT molecular complexity index is 1960. The van der Waals surface area contributed by atoms with Crippen molar-refractivity contribution in [2.45, 2.75) is 16.7 Å². The Balaban J connectivity index is 0.00000210. The SMILES string of the molecule is Cc1ccc2nc(-c3ccc(N=Nc4c([O-])ccc5cc(S(=O)(=O)[O-])ccc45)cc3)sc2c1S(=O)(=O)O.[Na+].[Na+]. The van der Waals surface area contributed by atoms with E-state index < -0.39 is 30.9 Å². The predicted molar refractivity (Wildman–Crippen MR) is 135 cm³/mol. The second kappa shape index (κ2) is 12.0. The van der Waals surface area contributed by atoms with Gasteiger partial charge in [-0.25, -0.2) is 13.4 Å². The number of rotatable bonds is 5. The molecule has 0 atom stereocenters. The molecule has 0 saturated carbocycles. The van der Waals surface area contributed by atoms with E-state index in [2.05, 4.69) is 15.2 Å². The van der Waals surface area contributed by atoms with Gasteiger partial charge in [0.1, 0.15) is 20.0 Å². The maximum atomic E-state index is 12.4. The van der Waals surface area contributed by atoms with E-state index in [4.69, 9.17) is 0 Å². The van der Waals surface area contributed by atoms with Gasteiger partial charge in [0.25, 0.3) is 10.1 Å². The fraction of sp³-hybridized carbons (Fsp3) is 0.0417. The van der Waals surface area contributed by atoms with Crippen LogP contribution in [0.4, 0.5) is 11.4 Å². The van der Waals surface area contributed by atoms with Crippen molar-refractivity contribution >= 4 is 63.9 Å². The summed E-state index contributed by atoms with van der Waals surface area (Å²) >= 11 is 1.13. The summed E-state index contributed by atoms with van der Waals surface area (Å²) in [6.07, 6.45) is 0. The van der Waals surface area contributed by atoms with Crippen LogP contribution in [-0.4, -0.2) is 30.9 Å². The summed E-state index contributed by atoms with van der Waals surface area (Å²) in [5.41, 5.74) is 1.94. The third kappa shape index (κ3) is 6.60. The number of aromatic nitrogens is 1. The van der Waals surface area contributed by atoms with Crippen LogP contribution in [0.1, 0.15) is 5.56 Å². The van der Waals surface area contributed by atoms with Gasteiger partial charge < -0.3 is 9.66 Å². The van der Waals surface area contributed by atoms with E-state index in [0.29, 0.717) is 42.8 Å². The molecule has 15 heteroatoms. The largest absolute Gasteiger partial charge is 1.00 e. The summed E-state index contributed by atoms with van der Waals surface area (Å²) in [7, 11) is -9.08. The van der Waals surface area contributed by atoms with Crippen LogP contribution >= 0.6 is 11.3 Å². The number of nitrogens with zero attached hydrogens (tertiary/aromatic N) is 3. The first kappa shape index (κ1) is 31.8. The Morgan fingerprint density at radius 3 is 2.23 bits per heavy atom. The molecule has 0 aliphatic heterocycles. The first-order chi connectivity index (χ1) is 17.4. The van der Waals surface area contributed by atoms with Crippen molar-refractivity contribution in [3.63, 3.8) is 0 Å². The Hall–Kier alpha value is -1.75. The molecule has 39 heavy (non-hydrogen) atoms. The molecule has 0 unspecified atom stereocenters. The molecule has 5 rings (SSSR count). The summed E-state index contributed by atoms with van der Waals surface area (Å²) in [5, 5.41) is 21.8. The minimum atomic E-state index is -4.65. The molecule has 0 radical (unpaired) electrons. The van der Waals surface area contributed by atoms with Crippen LogP contribution in [0.3, 0.4) is 0 Å². The van der Waals surface area contributed by atoms with Crippen LogP contribution in [0, 0.1) is 6.92 Å². The second-order valence-corrected chi connectivity index (χ2v) is 11.8. The normalized spacial score (nSPS) is 12.0. The fourth-order valence-electron chi connectivity index (χ4n) is 3.82. The van der Waals surface area contributed by atoms with Gasteiger partial charge >= 0.3 is 59.1 Å². The number of benzene rings is 4. The van der Waals surface area contributed by atoms with Gasteiger partial charge in [-0.05, 0) is 60.3 Å². The number of thiazole rings is 1. The topological polar surface area (TPSA) is 172 Å². The van der Waals surface area contributed by atoms with Gasteiger partial charge in [-0.15, -0.1) is 11.3 Å². The molecular weight excluding hydrogens is 584 g/mol. The van der Waals surface area contributed by atoms with Gasteiger partial charge in [-0.2, -0.15) is 18.6 Å². The molecule has 10 nitrogen and oxygen atoms in total. The smallest absolute Gasteiger partial charge is 0.871 e. The summed E-state index contributed by atoms with van der Waals surface area (Å²) < 4.78 is 67.6. The molecule has 0 amide bonds. The molecule has 188 valence electrons. The van der Waals surface area contributed by atoms with Crippen LogP contribution in [0.15, 0.2) is 86.7 Å². The quantitative estimate of drug-likeness (QED) is 0.153. The minimum Gasteiger partial charge on any atom is -0.871 e. The van der Waals surface area contributed by atoms with Gasteiger partial charge in [0.05, 0.1) is 26.5 Å². The molecule has 0 bridgehead atoms. The number of hydrogen-bond donors (Lipinski definition) is 1. The molecule has 0 spiro atoms. The van der Waals surface area contributed by atoms with Crippen molar-refractivity contribution in [1.29, 1.82) is 0 Å². The maximum Gasteiger partial charge on any atom is 1.00 e. The van der Waals surface area contributed by atoms with E-state index in [1.165, 1.54) is 24.3 Å². The molecule has 0 fully saturated rings. The van der Waals surface area contributed by atoms with Crippen LogP contribution < -0.4 is 64.2 Å². The number of fused-ring (bicyclic) bond motifs is 2. The van der Waals surface area contributed by atoms with E-state index in [1.807, 2.05) is 0 Å². The zero-order valence-electron chi connectivity index (χ0n) is 20.8. The first-order valence-electron chi connectivity index (χ1n) is 10.5. The van der Waals surface area contributed by atoms with Crippen LogP contribution in [0.2, 0.25) is 0 Å². The Kier molecular flexibility index (Phi) is 9.78. The maximum absolute atomic E-state index is 12.4. The zero-order valence-corrected chi connectivity index (χ0v) is 27.3. The molecule has 1 heterocycles. The van der Waals surface area contributed by atoms with E-state index >= 15 is 0 Å². The average Bonchev–Trinajstić information content (AvgIpc) is 3.26. The molecule has 0 saturated heterocycles. The van der Waals surface area contributed by atoms with E-state index in [1.54, 1.807) is 43.3 Å². The summed E-state index contributed by atoms with van der Waals surface area (Å²) in [6, 6.07) is 16.2. The molecule has 1 aromatic heterocycles. The van der Waals surface area contributed by atoms with Crippen molar-refractivity contribution < 1.29 is 90.2 Å². The van der Waals surface area contributed by atoms with Crippen molar-refractivity contribution in [2.75, 3.05) is 0 Å². The van der Waals surface area contributed by atoms with E-state index in [9.17, 15) is 31.0 Å². The molecular formula is C24H15N3Na2O7S3.